The van der Waals surface area contributed by atoms with Crippen molar-refractivity contribution in [3.05, 3.63) is 0 Å². The minimum Gasteiger partial charge on any atom is -0.285 e. The molecule has 0 aromatic carbocycles. The van der Waals surface area contributed by atoms with E-state index in [1.54, 1.807) is 12.8 Å². The minimum absolute atomic E-state index is 0.225. The van der Waals surface area contributed by atoms with Gasteiger partial charge in [-0.05, 0) is 12.8 Å². The zero-order valence-corrected chi connectivity index (χ0v) is 4.59. The number of nitrogens with zero attached hydrogens (tertiary/aromatic N) is 1. The number of carbonyl (C=O) groups excluding carboxylic acids is 1. The summed E-state index contributed by atoms with van der Waals surface area (Å²) in [4.78, 5) is 10.2. The number of carbonyl (C=O) groups is 1. The SMILES string of the molecule is C#CC(=O)N(O)CC. The number of hydrogen-bond acceptors (Lipinski definition) is 2. The average Bonchev–Trinajstić information content (AvgIpc) is 1.84. The highest BCUT2D eigenvalue weighted by molar-refractivity contribution is 5.91. The highest BCUT2D eigenvalue weighted by atomic mass is 16.5. The van der Waals surface area contributed by atoms with E-state index in [1.165, 1.54) is 0 Å². The van der Waals surface area contributed by atoms with Gasteiger partial charge in [-0.2, -0.15) is 0 Å². The van der Waals surface area contributed by atoms with Crippen LogP contribution in [0.1, 0.15) is 6.92 Å². The van der Waals surface area contributed by atoms with Crippen LogP contribution in [0, 0.1) is 12.3 Å². The molecule has 1 N–H and O–H groups in total. The zero-order chi connectivity index (χ0) is 6.57. The van der Waals surface area contributed by atoms with Crippen molar-refractivity contribution in [3.8, 4) is 12.3 Å². The van der Waals surface area contributed by atoms with Gasteiger partial charge in [-0.3, -0.25) is 10.0 Å². The lowest BCUT2D eigenvalue weighted by atomic mass is 10.6. The molecule has 0 aromatic heterocycles. The van der Waals surface area contributed by atoms with E-state index in [2.05, 4.69) is 6.42 Å². The maximum atomic E-state index is 10.2. The van der Waals surface area contributed by atoms with Gasteiger partial charge in [-0.15, -0.1) is 6.42 Å². The first kappa shape index (κ1) is 6.99. The molecule has 0 aliphatic carbocycles. The van der Waals surface area contributed by atoms with Crippen LogP contribution in [-0.2, 0) is 4.79 Å². The van der Waals surface area contributed by atoms with E-state index in [1.807, 2.05) is 0 Å². The van der Waals surface area contributed by atoms with Crippen molar-refractivity contribution in [2.75, 3.05) is 6.54 Å². The van der Waals surface area contributed by atoms with Crippen LogP contribution in [-0.4, -0.2) is 22.7 Å². The lowest BCUT2D eigenvalue weighted by Gasteiger charge is -2.05. The number of rotatable bonds is 1. The fourth-order valence-electron chi connectivity index (χ4n) is 0.218. The van der Waals surface area contributed by atoms with E-state index in [4.69, 9.17) is 5.21 Å². The van der Waals surface area contributed by atoms with E-state index < -0.39 is 5.91 Å². The van der Waals surface area contributed by atoms with Gasteiger partial charge in [0.05, 0.1) is 0 Å². The van der Waals surface area contributed by atoms with Gasteiger partial charge in [0.2, 0.25) is 0 Å². The summed E-state index contributed by atoms with van der Waals surface area (Å²) >= 11 is 0. The maximum Gasteiger partial charge on any atom is 0.321 e. The molecule has 44 valence electrons. The molecule has 0 spiro atoms. The van der Waals surface area contributed by atoms with Crippen LogP contribution in [0.25, 0.3) is 0 Å². The Hall–Kier alpha value is -1.01. The van der Waals surface area contributed by atoms with E-state index in [0.717, 1.165) is 0 Å². The molecule has 3 heteroatoms. The van der Waals surface area contributed by atoms with Gasteiger partial charge in [0.1, 0.15) is 0 Å². The van der Waals surface area contributed by atoms with Crippen LogP contribution in [0.3, 0.4) is 0 Å². The first-order chi connectivity index (χ1) is 3.72. The monoisotopic (exact) mass is 113 g/mol. The number of hydroxylamine groups is 2. The summed E-state index contributed by atoms with van der Waals surface area (Å²) < 4.78 is 0. The molecular formula is C5H7NO2. The summed E-state index contributed by atoms with van der Waals surface area (Å²) in [6.07, 6.45) is 4.65. The smallest absolute Gasteiger partial charge is 0.285 e. The maximum absolute atomic E-state index is 10.2. The Labute approximate surface area is 47.9 Å². The average molecular weight is 113 g/mol. The fraction of sp³-hybridized carbons (Fsp3) is 0.400. The number of terminal acetylenes is 1. The van der Waals surface area contributed by atoms with Crippen molar-refractivity contribution in [3.63, 3.8) is 0 Å². The Morgan fingerprint density at radius 1 is 2.00 bits per heavy atom. The van der Waals surface area contributed by atoms with Crippen LogP contribution in [0.2, 0.25) is 0 Å². The molecular weight excluding hydrogens is 106 g/mol. The normalized spacial score (nSPS) is 7.62. The van der Waals surface area contributed by atoms with Gasteiger partial charge in [0.25, 0.3) is 0 Å². The molecule has 0 atom stereocenters. The topological polar surface area (TPSA) is 40.5 Å². The van der Waals surface area contributed by atoms with E-state index >= 15 is 0 Å². The summed E-state index contributed by atoms with van der Waals surface area (Å²) in [5.74, 6) is 1.05. The van der Waals surface area contributed by atoms with Crippen LogP contribution in [0.15, 0.2) is 0 Å². The van der Waals surface area contributed by atoms with Crippen LogP contribution in [0.5, 0.6) is 0 Å². The molecule has 0 saturated heterocycles. The second kappa shape index (κ2) is 3.05. The molecule has 0 heterocycles. The van der Waals surface area contributed by atoms with Crippen molar-refractivity contribution >= 4 is 5.91 Å². The minimum atomic E-state index is -0.701. The molecule has 0 bridgehead atoms. The Kier molecular flexibility index (Phi) is 2.67. The zero-order valence-electron chi connectivity index (χ0n) is 4.59. The van der Waals surface area contributed by atoms with Crippen LogP contribution < -0.4 is 0 Å². The molecule has 0 rings (SSSR count). The van der Waals surface area contributed by atoms with Crippen LogP contribution in [0.4, 0.5) is 0 Å². The Morgan fingerprint density at radius 2 is 2.50 bits per heavy atom. The molecule has 1 amide bonds. The third-order valence-corrected chi connectivity index (χ3v) is 0.657. The van der Waals surface area contributed by atoms with E-state index in [9.17, 15) is 4.79 Å². The first-order valence-electron chi connectivity index (χ1n) is 2.19. The van der Waals surface area contributed by atoms with E-state index in [-0.39, 0.29) is 6.54 Å². The summed E-state index contributed by atoms with van der Waals surface area (Å²) in [6.45, 7) is 1.85. The number of amides is 1. The second-order valence-corrected chi connectivity index (χ2v) is 1.17. The molecule has 0 unspecified atom stereocenters. The Balaban J connectivity index is 3.68. The Bertz CT molecular complexity index is 125. The first-order valence-corrected chi connectivity index (χ1v) is 2.19. The lowest BCUT2D eigenvalue weighted by molar-refractivity contribution is -0.157. The van der Waals surface area contributed by atoms with Crippen LogP contribution >= 0.6 is 0 Å². The standard InChI is InChI=1S/C5H7NO2/c1-3-5(7)6(8)4-2/h1,8H,4H2,2H3. The van der Waals surface area contributed by atoms with Crippen molar-refractivity contribution in [2.24, 2.45) is 0 Å². The van der Waals surface area contributed by atoms with Crippen molar-refractivity contribution in [1.29, 1.82) is 0 Å². The third-order valence-electron chi connectivity index (χ3n) is 0.657. The summed E-state index contributed by atoms with van der Waals surface area (Å²) in [7, 11) is 0. The lowest BCUT2D eigenvalue weighted by Crippen LogP contribution is -2.24. The molecule has 0 aromatic rings. The summed E-state index contributed by atoms with van der Waals surface area (Å²) in [6, 6.07) is 0. The summed E-state index contributed by atoms with van der Waals surface area (Å²) in [5, 5.41) is 8.94. The molecule has 3 nitrogen and oxygen atoms in total. The van der Waals surface area contributed by atoms with Gasteiger partial charge < -0.3 is 0 Å². The van der Waals surface area contributed by atoms with Crippen molar-refractivity contribution in [2.45, 2.75) is 6.92 Å². The van der Waals surface area contributed by atoms with Gasteiger partial charge in [-0.1, -0.05) is 0 Å². The van der Waals surface area contributed by atoms with Gasteiger partial charge in [-0.25, -0.2) is 5.06 Å². The molecule has 0 saturated carbocycles. The van der Waals surface area contributed by atoms with E-state index in [0.29, 0.717) is 5.06 Å². The largest absolute Gasteiger partial charge is 0.321 e. The highest BCUT2D eigenvalue weighted by Gasteiger charge is 2.00. The van der Waals surface area contributed by atoms with Gasteiger partial charge in [0, 0.05) is 6.54 Å². The second-order valence-electron chi connectivity index (χ2n) is 1.17. The third kappa shape index (κ3) is 1.63. The predicted molar refractivity (Wildman–Crippen MR) is 28.0 cm³/mol. The van der Waals surface area contributed by atoms with Crippen molar-refractivity contribution < 1.29 is 10.0 Å². The predicted octanol–water partition coefficient (Wildman–Crippen LogP) is -0.143. The molecule has 0 aliphatic heterocycles. The van der Waals surface area contributed by atoms with Gasteiger partial charge in [0.15, 0.2) is 0 Å². The van der Waals surface area contributed by atoms with Gasteiger partial charge >= 0.3 is 5.91 Å². The Morgan fingerprint density at radius 3 is 2.62 bits per heavy atom. The number of hydrogen-bond donors (Lipinski definition) is 1. The fourth-order valence-corrected chi connectivity index (χ4v) is 0.218. The van der Waals surface area contributed by atoms with Crippen molar-refractivity contribution in [1.82, 2.24) is 5.06 Å². The summed E-state index contributed by atoms with van der Waals surface area (Å²) in [5.41, 5.74) is 0. The molecule has 0 fully saturated rings. The quantitative estimate of drug-likeness (QED) is 0.292. The molecule has 0 radical (unpaired) electrons. The highest BCUT2D eigenvalue weighted by Crippen LogP contribution is 1.77. The molecule has 8 heavy (non-hydrogen) atoms. The molecule has 0 aliphatic rings.